The van der Waals surface area contributed by atoms with E-state index >= 15 is 0 Å². The van der Waals surface area contributed by atoms with Crippen molar-refractivity contribution in [1.29, 1.82) is 0 Å². The van der Waals surface area contributed by atoms with Gasteiger partial charge >= 0.3 is 0 Å². The highest BCUT2D eigenvalue weighted by atomic mass is 19.1. The Morgan fingerprint density at radius 1 is 1.10 bits per heavy atom. The summed E-state index contributed by atoms with van der Waals surface area (Å²) in [7, 11) is 0. The number of nitrogens with two attached hydrogens (primary N) is 1. The van der Waals surface area contributed by atoms with Crippen LogP contribution in [0.1, 0.15) is 38.3 Å². The first-order chi connectivity index (χ1) is 9.92. The van der Waals surface area contributed by atoms with E-state index < -0.39 is 0 Å². The lowest BCUT2D eigenvalue weighted by atomic mass is 9.82. The van der Waals surface area contributed by atoms with Gasteiger partial charge in [-0.2, -0.15) is 0 Å². The maximum Gasteiger partial charge on any atom is 0.123 e. The van der Waals surface area contributed by atoms with Crippen LogP contribution in [-0.4, -0.2) is 0 Å². The highest BCUT2D eigenvalue weighted by molar-refractivity contribution is 5.46. The van der Waals surface area contributed by atoms with Gasteiger partial charge in [0.15, 0.2) is 0 Å². The summed E-state index contributed by atoms with van der Waals surface area (Å²) in [5.74, 6) is 0.456. The molecule has 0 saturated carbocycles. The van der Waals surface area contributed by atoms with E-state index in [0.717, 1.165) is 12.2 Å². The lowest BCUT2D eigenvalue weighted by molar-refractivity contribution is 0.306. The molecule has 0 amide bonds. The van der Waals surface area contributed by atoms with Crippen LogP contribution in [0.4, 0.5) is 10.1 Å². The van der Waals surface area contributed by atoms with E-state index in [1.807, 2.05) is 12.1 Å². The van der Waals surface area contributed by atoms with Crippen molar-refractivity contribution in [3.63, 3.8) is 0 Å². The molecule has 0 bridgehead atoms. The first-order valence-electron chi connectivity index (χ1n) is 7.19. The van der Waals surface area contributed by atoms with Gasteiger partial charge < -0.3 is 10.5 Å². The molecule has 0 saturated heterocycles. The maximum absolute atomic E-state index is 13.2. The lowest BCUT2D eigenvalue weighted by Gasteiger charge is -2.23. The lowest BCUT2D eigenvalue weighted by Crippen LogP contribution is -2.15. The molecule has 2 aromatic rings. The number of hydrogen-bond acceptors (Lipinski definition) is 2. The van der Waals surface area contributed by atoms with Gasteiger partial charge in [-0.05, 0) is 47.7 Å². The van der Waals surface area contributed by atoms with Crippen LogP contribution in [0.5, 0.6) is 5.75 Å². The van der Waals surface area contributed by atoms with Gasteiger partial charge in [0.05, 0.1) is 0 Å². The van der Waals surface area contributed by atoms with E-state index in [1.165, 1.54) is 17.7 Å². The average molecular weight is 287 g/mol. The molecule has 0 unspecified atom stereocenters. The van der Waals surface area contributed by atoms with Crippen molar-refractivity contribution < 1.29 is 9.13 Å². The molecule has 2 rings (SSSR count). The van der Waals surface area contributed by atoms with E-state index in [2.05, 4.69) is 32.9 Å². The first kappa shape index (κ1) is 15.4. The number of halogens is 1. The predicted molar refractivity (Wildman–Crippen MR) is 84.9 cm³/mol. The van der Waals surface area contributed by atoms with Crippen molar-refractivity contribution in [3.8, 4) is 5.75 Å². The van der Waals surface area contributed by atoms with Gasteiger partial charge in [0.25, 0.3) is 0 Å². The van der Waals surface area contributed by atoms with Crippen molar-refractivity contribution in [3.05, 3.63) is 59.4 Å². The molecule has 0 spiro atoms. The number of nitrogen functional groups attached to an aromatic ring is 1. The molecule has 0 aromatic heterocycles. The van der Waals surface area contributed by atoms with Crippen LogP contribution in [0.3, 0.4) is 0 Å². The Morgan fingerprint density at radius 3 is 2.38 bits per heavy atom. The van der Waals surface area contributed by atoms with Crippen molar-refractivity contribution in [2.75, 3.05) is 5.73 Å². The van der Waals surface area contributed by atoms with E-state index in [4.69, 9.17) is 10.5 Å². The third-order valence-electron chi connectivity index (χ3n) is 4.02. The Hall–Kier alpha value is -2.03. The summed E-state index contributed by atoms with van der Waals surface area (Å²) in [5, 5.41) is 0. The summed E-state index contributed by atoms with van der Waals surface area (Å²) in [6.07, 6.45) is 1.08. The number of anilines is 1. The number of benzene rings is 2. The van der Waals surface area contributed by atoms with E-state index in [1.54, 1.807) is 6.07 Å². The quantitative estimate of drug-likeness (QED) is 0.811. The average Bonchev–Trinajstić information content (AvgIpc) is 2.48. The zero-order valence-electron chi connectivity index (χ0n) is 12.8. The number of hydrogen-bond donors (Lipinski definition) is 1. The van der Waals surface area contributed by atoms with Crippen LogP contribution < -0.4 is 10.5 Å². The summed E-state index contributed by atoms with van der Waals surface area (Å²) >= 11 is 0. The van der Waals surface area contributed by atoms with Gasteiger partial charge in [0.2, 0.25) is 0 Å². The van der Waals surface area contributed by atoms with Crippen LogP contribution in [-0.2, 0) is 12.0 Å². The molecule has 0 aliphatic heterocycles. The molecular weight excluding hydrogens is 265 g/mol. The Balaban J connectivity index is 2.06. The van der Waals surface area contributed by atoms with Gasteiger partial charge in [0, 0.05) is 11.3 Å². The fraction of sp³-hybridized carbons (Fsp3) is 0.333. The van der Waals surface area contributed by atoms with Crippen molar-refractivity contribution in [1.82, 2.24) is 0 Å². The minimum absolute atomic E-state index is 0.158. The largest absolute Gasteiger partial charge is 0.489 e. The Kier molecular flexibility index (Phi) is 4.51. The van der Waals surface area contributed by atoms with Gasteiger partial charge in [0.1, 0.15) is 18.2 Å². The molecule has 2 nitrogen and oxygen atoms in total. The molecule has 2 N–H and O–H groups in total. The molecule has 0 heterocycles. The standard InChI is InChI=1S/C18H22FNO/c1-4-18(2,3)14-5-8-16(9-6-14)21-12-13-11-15(19)7-10-17(13)20/h5-11H,4,12,20H2,1-3H3. The molecule has 0 aliphatic rings. The normalized spacial score (nSPS) is 11.4. The van der Waals surface area contributed by atoms with Gasteiger partial charge in [-0.1, -0.05) is 32.9 Å². The number of ether oxygens (including phenoxy) is 1. The minimum Gasteiger partial charge on any atom is -0.489 e. The van der Waals surface area contributed by atoms with Crippen LogP contribution >= 0.6 is 0 Å². The second kappa shape index (κ2) is 6.17. The minimum atomic E-state index is -0.303. The van der Waals surface area contributed by atoms with E-state index in [0.29, 0.717) is 11.3 Å². The highest BCUT2D eigenvalue weighted by Crippen LogP contribution is 2.28. The molecule has 0 fully saturated rings. The smallest absolute Gasteiger partial charge is 0.123 e. The monoisotopic (exact) mass is 287 g/mol. The molecule has 3 heteroatoms. The van der Waals surface area contributed by atoms with E-state index in [9.17, 15) is 4.39 Å². The summed E-state index contributed by atoms with van der Waals surface area (Å²) in [6, 6.07) is 12.4. The molecule has 2 aromatic carbocycles. The Bertz CT molecular complexity index is 605. The molecule has 0 atom stereocenters. The van der Waals surface area contributed by atoms with Crippen LogP contribution in [0.25, 0.3) is 0 Å². The fourth-order valence-corrected chi connectivity index (χ4v) is 2.07. The SMILES string of the molecule is CCC(C)(C)c1ccc(OCc2cc(F)ccc2N)cc1. The fourth-order valence-electron chi connectivity index (χ4n) is 2.07. The Labute approximate surface area is 125 Å². The summed E-state index contributed by atoms with van der Waals surface area (Å²) in [5.41, 5.74) is 8.45. The molecule has 0 radical (unpaired) electrons. The van der Waals surface area contributed by atoms with Crippen molar-refractivity contribution in [2.24, 2.45) is 0 Å². The summed E-state index contributed by atoms with van der Waals surface area (Å²) < 4.78 is 18.9. The molecular formula is C18H22FNO. The van der Waals surface area contributed by atoms with Crippen molar-refractivity contribution in [2.45, 2.75) is 39.2 Å². The zero-order valence-corrected chi connectivity index (χ0v) is 12.8. The molecule has 112 valence electrons. The second-order valence-electron chi connectivity index (χ2n) is 5.89. The molecule has 0 aliphatic carbocycles. The van der Waals surface area contributed by atoms with E-state index in [-0.39, 0.29) is 17.8 Å². The van der Waals surface area contributed by atoms with Crippen LogP contribution in [0.15, 0.2) is 42.5 Å². The highest BCUT2D eigenvalue weighted by Gasteiger charge is 2.17. The van der Waals surface area contributed by atoms with Gasteiger partial charge in [-0.3, -0.25) is 0 Å². The van der Waals surface area contributed by atoms with Crippen LogP contribution in [0, 0.1) is 5.82 Å². The first-order valence-corrected chi connectivity index (χ1v) is 7.19. The van der Waals surface area contributed by atoms with Gasteiger partial charge in [-0.25, -0.2) is 4.39 Å². The number of rotatable bonds is 5. The Morgan fingerprint density at radius 2 is 1.76 bits per heavy atom. The van der Waals surface area contributed by atoms with Crippen molar-refractivity contribution >= 4 is 5.69 Å². The van der Waals surface area contributed by atoms with Crippen LogP contribution in [0.2, 0.25) is 0 Å². The second-order valence-corrected chi connectivity index (χ2v) is 5.89. The molecule has 21 heavy (non-hydrogen) atoms. The summed E-state index contributed by atoms with van der Waals surface area (Å²) in [6.45, 7) is 6.88. The summed E-state index contributed by atoms with van der Waals surface area (Å²) in [4.78, 5) is 0. The third kappa shape index (κ3) is 3.75. The maximum atomic E-state index is 13.2. The predicted octanol–water partition coefficient (Wildman–Crippen LogP) is 4.67. The van der Waals surface area contributed by atoms with Gasteiger partial charge in [-0.15, -0.1) is 0 Å². The topological polar surface area (TPSA) is 35.2 Å². The third-order valence-corrected chi connectivity index (χ3v) is 4.02. The zero-order chi connectivity index (χ0) is 15.5.